The molecular weight excluding hydrogens is 428 g/mol. The summed E-state index contributed by atoms with van der Waals surface area (Å²) in [6.45, 7) is 7.46. The van der Waals surface area contributed by atoms with Crippen LogP contribution >= 0.6 is 0 Å². The molecule has 1 fully saturated rings. The van der Waals surface area contributed by atoms with Crippen LogP contribution in [0.25, 0.3) is 0 Å². The lowest BCUT2D eigenvalue weighted by Gasteiger charge is -2.34. The number of sulfonamides is 1. The summed E-state index contributed by atoms with van der Waals surface area (Å²) in [6.07, 6.45) is 0.630. The van der Waals surface area contributed by atoms with E-state index >= 15 is 0 Å². The summed E-state index contributed by atoms with van der Waals surface area (Å²) in [5.74, 6) is -1.97. The fourth-order valence-corrected chi connectivity index (χ4v) is 4.72. The van der Waals surface area contributed by atoms with E-state index in [1.807, 2.05) is 13.8 Å². The molecule has 0 aliphatic carbocycles. The monoisotopic (exact) mass is 458 g/mol. The molecule has 1 aliphatic heterocycles. The van der Waals surface area contributed by atoms with E-state index in [0.717, 1.165) is 0 Å². The van der Waals surface area contributed by atoms with E-state index in [-0.39, 0.29) is 55.6 Å². The Morgan fingerprint density at radius 1 is 1.13 bits per heavy atom. The van der Waals surface area contributed by atoms with Crippen LogP contribution in [-0.4, -0.2) is 74.4 Å². The van der Waals surface area contributed by atoms with Crippen molar-refractivity contribution in [3.05, 3.63) is 17.9 Å². The van der Waals surface area contributed by atoms with Crippen LogP contribution in [0.3, 0.4) is 0 Å². The minimum Gasteiger partial charge on any atom is -0.465 e. The van der Waals surface area contributed by atoms with Gasteiger partial charge in [0.15, 0.2) is 0 Å². The molecule has 0 unspecified atom stereocenters. The average Bonchev–Trinajstić information content (AvgIpc) is 3.23. The molecule has 0 spiro atoms. The van der Waals surface area contributed by atoms with Gasteiger partial charge in [-0.05, 0) is 52.7 Å². The fraction of sp³-hybridized carbons (Fsp3) is 0.650. The molecular formula is C20H30N2O8S. The first-order chi connectivity index (χ1) is 14.6. The quantitative estimate of drug-likeness (QED) is 0.512. The molecule has 1 saturated heterocycles. The molecule has 11 heteroatoms. The van der Waals surface area contributed by atoms with Crippen molar-refractivity contribution < 1.29 is 36.7 Å². The first-order valence-corrected chi connectivity index (χ1v) is 11.8. The van der Waals surface area contributed by atoms with Gasteiger partial charge in [0.25, 0.3) is 10.0 Å². The topological polar surface area (TPSA) is 123 Å². The van der Waals surface area contributed by atoms with Crippen LogP contribution in [-0.2, 0) is 29.1 Å². The zero-order valence-electron chi connectivity index (χ0n) is 18.3. The number of amides is 1. The molecule has 2 heterocycles. The maximum Gasteiger partial charge on any atom is 0.374 e. The van der Waals surface area contributed by atoms with Gasteiger partial charge >= 0.3 is 11.9 Å². The standard InChI is InChI=1S/C20H30N2O8S/c1-5-28-17(23)13-22(14(3)4)19(24)15-9-11-21(12-10-15)31(26,27)18-8-7-16(30-18)20(25)29-6-2/h7-8,14-15H,5-6,9-13H2,1-4H3. The molecule has 0 saturated carbocycles. The van der Waals surface area contributed by atoms with Gasteiger partial charge in [0.2, 0.25) is 16.8 Å². The Morgan fingerprint density at radius 3 is 2.29 bits per heavy atom. The van der Waals surface area contributed by atoms with Crippen molar-refractivity contribution in [1.82, 2.24) is 9.21 Å². The second kappa shape index (κ2) is 10.8. The van der Waals surface area contributed by atoms with E-state index in [1.54, 1.807) is 13.8 Å². The highest BCUT2D eigenvalue weighted by atomic mass is 32.2. The summed E-state index contributed by atoms with van der Waals surface area (Å²) in [6, 6.07) is 2.29. The highest BCUT2D eigenvalue weighted by molar-refractivity contribution is 7.89. The molecule has 1 amide bonds. The number of carbonyl (C=O) groups excluding carboxylic acids is 3. The highest BCUT2D eigenvalue weighted by Crippen LogP contribution is 2.27. The van der Waals surface area contributed by atoms with Crippen LogP contribution in [0.4, 0.5) is 0 Å². The summed E-state index contributed by atoms with van der Waals surface area (Å²) in [4.78, 5) is 37.9. The molecule has 10 nitrogen and oxygen atoms in total. The number of hydrogen-bond donors (Lipinski definition) is 0. The second-order valence-electron chi connectivity index (χ2n) is 7.38. The first kappa shape index (κ1) is 24.9. The Kier molecular flexibility index (Phi) is 8.63. The van der Waals surface area contributed by atoms with Crippen LogP contribution < -0.4 is 0 Å². The smallest absolute Gasteiger partial charge is 0.374 e. The van der Waals surface area contributed by atoms with E-state index in [4.69, 9.17) is 13.9 Å². The Bertz CT molecular complexity index is 885. The van der Waals surface area contributed by atoms with Crippen molar-refractivity contribution in [2.45, 2.75) is 51.7 Å². The van der Waals surface area contributed by atoms with Gasteiger partial charge in [-0.25, -0.2) is 13.2 Å². The number of esters is 2. The van der Waals surface area contributed by atoms with Gasteiger partial charge in [0, 0.05) is 25.0 Å². The maximum absolute atomic E-state index is 12.9. The Labute approximate surface area is 182 Å². The molecule has 2 rings (SSSR count). The molecule has 1 aliphatic rings. The highest BCUT2D eigenvalue weighted by Gasteiger charge is 2.36. The Morgan fingerprint density at radius 2 is 1.74 bits per heavy atom. The molecule has 174 valence electrons. The van der Waals surface area contributed by atoms with E-state index in [0.29, 0.717) is 12.8 Å². The number of nitrogens with zero attached hydrogens (tertiary/aromatic N) is 2. The van der Waals surface area contributed by atoms with Gasteiger partial charge < -0.3 is 18.8 Å². The number of hydrogen-bond acceptors (Lipinski definition) is 8. The van der Waals surface area contributed by atoms with Gasteiger partial charge in [-0.15, -0.1) is 0 Å². The lowest BCUT2D eigenvalue weighted by atomic mass is 9.96. The van der Waals surface area contributed by atoms with Crippen molar-refractivity contribution in [1.29, 1.82) is 0 Å². The van der Waals surface area contributed by atoms with Crippen molar-refractivity contribution >= 4 is 27.9 Å². The maximum atomic E-state index is 12.9. The SMILES string of the molecule is CCOC(=O)CN(C(=O)C1CCN(S(=O)(=O)c2ccc(C(=O)OCC)o2)CC1)C(C)C. The molecule has 1 aromatic rings. The predicted molar refractivity (Wildman–Crippen MR) is 110 cm³/mol. The summed E-state index contributed by atoms with van der Waals surface area (Å²) in [5, 5.41) is -0.341. The molecule has 0 N–H and O–H groups in total. The van der Waals surface area contributed by atoms with E-state index in [1.165, 1.54) is 21.3 Å². The van der Waals surface area contributed by atoms with Crippen LogP contribution in [0.5, 0.6) is 0 Å². The summed E-state index contributed by atoms with van der Waals surface area (Å²) < 4.78 is 41.9. The number of piperidine rings is 1. The fourth-order valence-electron chi connectivity index (χ4n) is 3.34. The van der Waals surface area contributed by atoms with Crippen LogP contribution in [0.15, 0.2) is 21.6 Å². The van der Waals surface area contributed by atoms with Gasteiger partial charge in [-0.3, -0.25) is 9.59 Å². The molecule has 0 radical (unpaired) electrons. The largest absolute Gasteiger partial charge is 0.465 e. The Balaban J connectivity index is 2.03. The third kappa shape index (κ3) is 6.07. The zero-order valence-corrected chi connectivity index (χ0v) is 19.1. The summed E-state index contributed by atoms with van der Waals surface area (Å²) in [5.41, 5.74) is 0. The van der Waals surface area contributed by atoms with E-state index < -0.39 is 27.9 Å². The predicted octanol–water partition coefficient (Wildman–Crippen LogP) is 1.66. The first-order valence-electron chi connectivity index (χ1n) is 10.3. The third-order valence-corrected chi connectivity index (χ3v) is 6.74. The number of rotatable bonds is 9. The summed E-state index contributed by atoms with van der Waals surface area (Å²) in [7, 11) is -3.94. The lowest BCUT2D eigenvalue weighted by Crippen LogP contribution is -2.48. The van der Waals surface area contributed by atoms with Gasteiger partial charge in [-0.2, -0.15) is 4.31 Å². The molecule has 0 aromatic carbocycles. The zero-order chi connectivity index (χ0) is 23.2. The van der Waals surface area contributed by atoms with Crippen LogP contribution in [0.2, 0.25) is 0 Å². The molecule has 0 atom stereocenters. The van der Waals surface area contributed by atoms with Crippen molar-refractivity contribution in [3.63, 3.8) is 0 Å². The average molecular weight is 459 g/mol. The van der Waals surface area contributed by atoms with Gasteiger partial charge in [0.05, 0.1) is 13.2 Å². The van der Waals surface area contributed by atoms with Crippen molar-refractivity contribution in [3.8, 4) is 0 Å². The number of carbonyl (C=O) groups is 3. The third-order valence-electron chi connectivity index (χ3n) is 4.97. The number of ether oxygens (including phenoxy) is 2. The summed E-state index contributed by atoms with van der Waals surface area (Å²) >= 11 is 0. The molecule has 31 heavy (non-hydrogen) atoms. The van der Waals surface area contributed by atoms with E-state index in [9.17, 15) is 22.8 Å². The minimum atomic E-state index is -3.94. The van der Waals surface area contributed by atoms with E-state index in [2.05, 4.69) is 0 Å². The molecule has 0 bridgehead atoms. The van der Waals surface area contributed by atoms with Crippen molar-refractivity contribution in [2.24, 2.45) is 5.92 Å². The lowest BCUT2D eigenvalue weighted by molar-refractivity contribution is -0.152. The Hall–Kier alpha value is -2.40. The number of furan rings is 1. The van der Waals surface area contributed by atoms with Crippen LogP contribution in [0, 0.1) is 5.92 Å². The van der Waals surface area contributed by atoms with Gasteiger partial charge in [0.1, 0.15) is 6.54 Å². The molecule has 1 aromatic heterocycles. The van der Waals surface area contributed by atoms with Crippen molar-refractivity contribution in [2.75, 3.05) is 32.8 Å². The minimum absolute atomic E-state index is 0.125. The second-order valence-corrected chi connectivity index (χ2v) is 9.25. The van der Waals surface area contributed by atoms with Crippen LogP contribution in [0.1, 0.15) is 51.1 Å². The van der Waals surface area contributed by atoms with Gasteiger partial charge in [-0.1, -0.05) is 0 Å². The normalized spacial score (nSPS) is 15.6.